The van der Waals surface area contributed by atoms with E-state index in [2.05, 4.69) is 28.9 Å². The molecule has 1 aliphatic rings. The van der Waals surface area contributed by atoms with Gasteiger partial charge in [0.15, 0.2) is 0 Å². The molecule has 14 heavy (non-hydrogen) atoms. The predicted molar refractivity (Wildman–Crippen MR) is 59.7 cm³/mol. The molecule has 0 aliphatic carbocycles. The van der Waals surface area contributed by atoms with Gasteiger partial charge < -0.3 is 9.53 Å². The van der Waals surface area contributed by atoms with Gasteiger partial charge in [-0.15, -0.1) is 11.3 Å². The second kappa shape index (κ2) is 4.13. The summed E-state index contributed by atoms with van der Waals surface area (Å²) in [5.41, 5.74) is 0. The van der Waals surface area contributed by atoms with Gasteiger partial charge in [0.25, 0.3) is 0 Å². The summed E-state index contributed by atoms with van der Waals surface area (Å²) < 4.78 is 6.72. The van der Waals surface area contributed by atoms with E-state index in [1.165, 1.54) is 9.75 Å². The first-order chi connectivity index (χ1) is 6.70. The lowest BCUT2D eigenvalue weighted by atomic mass is 10.2. The van der Waals surface area contributed by atoms with Crippen molar-refractivity contribution in [1.29, 1.82) is 0 Å². The van der Waals surface area contributed by atoms with Gasteiger partial charge in [-0.25, -0.2) is 0 Å². The van der Waals surface area contributed by atoms with Crippen LogP contribution >= 0.6 is 27.3 Å². The van der Waals surface area contributed by atoms with E-state index >= 15 is 0 Å². The van der Waals surface area contributed by atoms with Crippen molar-refractivity contribution >= 4 is 33.6 Å². The first-order valence-corrected chi connectivity index (χ1v) is 6.18. The fourth-order valence-corrected chi connectivity index (χ4v) is 3.24. The summed E-state index contributed by atoms with van der Waals surface area (Å²) in [6, 6.07) is 2.10. The molecule has 1 aliphatic heterocycles. The van der Waals surface area contributed by atoms with E-state index < -0.39 is 0 Å². The Hall–Kier alpha value is -0.190. The molecule has 1 saturated heterocycles. The number of hydrogen-bond donors (Lipinski definition) is 0. The van der Waals surface area contributed by atoms with Gasteiger partial charge in [-0.1, -0.05) is 0 Å². The van der Waals surface area contributed by atoms with Gasteiger partial charge >= 0.3 is 0 Å². The number of aryl methyl sites for hydroxylation is 1. The Morgan fingerprint density at radius 1 is 1.64 bits per heavy atom. The summed E-state index contributed by atoms with van der Waals surface area (Å²) in [7, 11) is 0. The van der Waals surface area contributed by atoms with Crippen molar-refractivity contribution in [2.75, 3.05) is 0 Å². The molecule has 1 aromatic rings. The molecular weight excluding hydrogens is 264 g/mol. The summed E-state index contributed by atoms with van der Waals surface area (Å²) in [6.07, 6.45) is 2.63. The van der Waals surface area contributed by atoms with E-state index in [9.17, 15) is 4.79 Å². The largest absolute Gasteiger partial charge is 0.362 e. The van der Waals surface area contributed by atoms with Crippen molar-refractivity contribution in [2.24, 2.45) is 0 Å². The highest BCUT2D eigenvalue weighted by Crippen LogP contribution is 2.38. The van der Waals surface area contributed by atoms with E-state index in [1.54, 1.807) is 11.3 Å². The summed E-state index contributed by atoms with van der Waals surface area (Å²) in [6.45, 7) is 2.07. The molecule has 2 nitrogen and oxygen atoms in total. The van der Waals surface area contributed by atoms with Crippen LogP contribution in [0.2, 0.25) is 0 Å². The van der Waals surface area contributed by atoms with Gasteiger partial charge in [0, 0.05) is 14.2 Å². The Bertz CT molecular complexity index is 328. The Morgan fingerprint density at radius 3 is 2.93 bits per heavy atom. The number of hydrogen-bond acceptors (Lipinski definition) is 3. The molecule has 2 heterocycles. The van der Waals surface area contributed by atoms with Crippen LogP contribution < -0.4 is 0 Å². The van der Waals surface area contributed by atoms with Crippen LogP contribution in [0.25, 0.3) is 0 Å². The minimum atomic E-state index is -0.193. The van der Waals surface area contributed by atoms with Crippen LogP contribution in [0.3, 0.4) is 0 Å². The number of halogens is 1. The molecule has 0 saturated carbocycles. The van der Waals surface area contributed by atoms with Crippen molar-refractivity contribution in [1.82, 2.24) is 0 Å². The minimum Gasteiger partial charge on any atom is -0.362 e. The van der Waals surface area contributed by atoms with Gasteiger partial charge in [0.2, 0.25) is 0 Å². The molecule has 4 heteroatoms. The van der Waals surface area contributed by atoms with Crippen LogP contribution in [-0.4, -0.2) is 12.4 Å². The third-order valence-electron chi connectivity index (χ3n) is 2.40. The average Bonchev–Trinajstić information content (AvgIpc) is 2.74. The Morgan fingerprint density at radius 2 is 2.43 bits per heavy atom. The fourth-order valence-electron chi connectivity index (χ4n) is 1.61. The van der Waals surface area contributed by atoms with Gasteiger partial charge in [-0.3, -0.25) is 0 Å². The average molecular weight is 275 g/mol. The van der Waals surface area contributed by atoms with Crippen LogP contribution in [0.15, 0.2) is 10.5 Å². The van der Waals surface area contributed by atoms with Crippen LogP contribution in [-0.2, 0) is 9.53 Å². The van der Waals surface area contributed by atoms with E-state index in [0.717, 1.165) is 23.6 Å². The zero-order valence-corrected chi connectivity index (χ0v) is 10.2. The predicted octanol–water partition coefficient (Wildman–Crippen LogP) is 3.24. The van der Waals surface area contributed by atoms with E-state index in [4.69, 9.17) is 4.74 Å². The fraction of sp³-hybridized carbons (Fsp3) is 0.500. The molecule has 0 N–H and O–H groups in total. The normalized spacial score (nSPS) is 26.7. The maximum absolute atomic E-state index is 10.5. The monoisotopic (exact) mass is 274 g/mol. The lowest BCUT2D eigenvalue weighted by Gasteiger charge is -2.07. The zero-order valence-electron chi connectivity index (χ0n) is 7.83. The molecule has 2 atom stereocenters. The Balaban J connectivity index is 2.13. The molecule has 2 rings (SSSR count). The highest BCUT2D eigenvalue weighted by Gasteiger charge is 2.27. The second-order valence-corrected chi connectivity index (χ2v) is 5.57. The Kier molecular flexibility index (Phi) is 3.04. The number of aldehydes is 1. The standard InChI is InChI=1S/C10H11BrO2S/c1-6-8(11)4-10(14-6)9-3-2-7(5-12)13-9/h4-5,7,9H,2-3H2,1H3. The first kappa shape index (κ1) is 10.3. The van der Waals surface area contributed by atoms with Crippen molar-refractivity contribution in [3.05, 3.63) is 20.3 Å². The number of rotatable bonds is 2. The van der Waals surface area contributed by atoms with E-state index in [-0.39, 0.29) is 12.2 Å². The minimum absolute atomic E-state index is 0.125. The molecular formula is C10H11BrO2S. The van der Waals surface area contributed by atoms with E-state index in [0.29, 0.717) is 0 Å². The maximum Gasteiger partial charge on any atom is 0.148 e. The quantitative estimate of drug-likeness (QED) is 0.774. The van der Waals surface area contributed by atoms with E-state index in [1.807, 2.05) is 0 Å². The molecule has 0 amide bonds. The highest BCUT2D eigenvalue weighted by atomic mass is 79.9. The number of carbonyl (C=O) groups excluding carboxylic acids is 1. The first-order valence-electron chi connectivity index (χ1n) is 4.57. The molecule has 0 radical (unpaired) electrons. The number of thiophene rings is 1. The van der Waals surface area contributed by atoms with Gasteiger partial charge in [0.05, 0.1) is 6.10 Å². The van der Waals surface area contributed by atoms with Crippen molar-refractivity contribution in [3.63, 3.8) is 0 Å². The molecule has 2 unspecified atom stereocenters. The summed E-state index contributed by atoms with van der Waals surface area (Å²) in [5, 5.41) is 0. The summed E-state index contributed by atoms with van der Waals surface area (Å²) >= 11 is 5.22. The van der Waals surface area contributed by atoms with Crippen LogP contribution in [0, 0.1) is 6.92 Å². The second-order valence-electron chi connectivity index (χ2n) is 3.43. The van der Waals surface area contributed by atoms with Crippen LogP contribution in [0.5, 0.6) is 0 Å². The third kappa shape index (κ3) is 1.92. The molecule has 76 valence electrons. The van der Waals surface area contributed by atoms with Crippen molar-refractivity contribution < 1.29 is 9.53 Å². The van der Waals surface area contributed by atoms with Crippen molar-refractivity contribution in [2.45, 2.75) is 32.0 Å². The lowest BCUT2D eigenvalue weighted by molar-refractivity contribution is -0.117. The molecule has 0 bridgehead atoms. The molecule has 1 fully saturated rings. The zero-order chi connectivity index (χ0) is 10.1. The molecule has 0 spiro atoms. The highest BCUT2D eigenvalue weighted by molar-refractivity contribution is 9.10. The molecule has 1 aromatic heterocycles. The van der Waals surface area contributed by atoms with Crippen LogP contribution in [0.4, 0.5) is 0 Å². The third-order valence-corrected chi connectivity index (χ3v) is 4.63. The summed E-state index contributed by atoms with van der Waals surface area (Å²) in [4.78, 5) is 13.0. The topological polar surface area (TPSA) is 26.3 Å². The molecule has 0 aromatic carbocycles. The SMILES string of the molecule is Cc1sc(C2CCC(C=O)O2)cc1Br. The Labute approximate surface area is 95.4 Å². The maximum atomic E-state index is 10.5. The lowest BCUT2D eigenvalue weighted by Crippen LogP contribution is -2.06. The van der Waals surface area contributed by atoms with Gasteiger partial charge in [-0.05, 0) is 41.8 Å². The summed E-state index contributed by atoms with van der Waals surface area (Å²) in [5.74, 6) is 0. The van der Waals surface area contributed by atoms with Gasteiger partial charge in [0.1, 0.15) is 12.4 Å². The number of carbonyl (C=O) groups is 1. The van der Waals surface area contributed by atoms with Gasteiger partial charge in [-0.2, -0.15) is 0 Å². The van der Waals surface area contributed by atoms with Crippen molar-refractivity contribution in [3.8, 4) is 0 Å². The smallest absolute Gasteiger partial charge is 0.148 e. The number of ether oxygens (including phenoxy) is 1. The van der Waals surface area contributed by atoms with Crippen LogP contribution in [0.1, 0.15) is 28.7 Å².